The first-order valence-corrected chi connectivity index (χ1v) is 5.44. The highest BCUT2D eigenvalue weighted by Crippen LogP contribution is 2.22. The maximum atomic E-state index is 4.12. The first-order chi connectivity index (χ1) is 8.43. The van der Waals surface area contributed by atoms with E-state index in [9.17, 15) is 0 Å². The highest BCUT2D eigenvalue weighted by atomic mass is 15.1. The Labute approximate surface area is 99.2 Å². The largest absolute Gasteiger partial charge is 0.278 e. The van der Waals surface area contributed by atoms with Crippen LogP contribution in [0.5, 0.6) is 0 Å². The van der Waals surface area contributed by atoms with Crippen LogP contribution < -0.4 is 0 Å². The predicted octanol–water partition coefficient (Wildman–Crippen LogP) is 3.14. The molecule has 0 aliphatic rings. The van der Waals surface area contributed by atoms with Gasteiger partial charge < -0.3 is 0 Å². The molecule has 3 heteroatoms. The average Bonchev–Trinajstić information content (AvgIpc) is 2.94. The van der Waals surface area contributed by atoms with Crippen LogP contribution in [0.25, 0.3) is 22.4 Å². The van der Waals surface area contributed by atoms with E-state index in [4.69, 9.17) is 0 Å². The van der Waals surface area contributed by atoms with E-state index in [2.05, 4.69) is 45.5 Å². The van der Waals surface area contributed by atoms with Crippen LogP contribution in [0.3, 0.4) is 0 Å². The summed E-state index contributed by atoms with van der Waals surface area (Å²) in [5, 5.41) is 6.89. The van der Waals surface area contributed by atoms with Crippen molar-refractivity contribution in [2.75, 3.05) is 0 Å². The van der Waals surface area contributed by atoms with Crippen LogP contribution in [-0.2, 0) is 0 Å². The Bertz CT molecular complexity index is 583. The summed E-state index contributed by atoms with van der Waals surface area (Å²) in [6, 6.07) is 14.3. The van der Waals surface area contributed by atoms with Crippen LogP contribution in [0.2, 0.25) is 0 Å². The number of nitrogens with zero attached hydrogens (tertiary/aromatic N) is 2. The first kappa shape index (κ1) is 9.78. The van der Waals surface area contributed by atoms with E-state index in [1.807, 2.05) is 18.3 Å². The molecule has 82 valence electrons. The molecular formula is C14H11N3. The highest BCUT2D eigenvalue weighted by Gasteiger charge is 2.00. The third kappa shape index (κ3) is 1.95. The molecule has 1 aromatic carbocycles. The van der Waals surface area contributed by atoms with Crippen molar-refractivity contribution in [2.24, 2.45) is 0 Å². The van der Waals surface area contributed by atoms with Crippen LogP contribution in [-0.4, -0.2) is 15.2 Å². The maximum Gasteiger partial charge on any atom is 0.0650 e. The predicted molar refractivity (Wildman–Crippen MR) is 67.3 cm³/mol. The van der Waals surface area contributed by atoms with Gasteiger partial charge >= 0.3 is 0 Å². The summed E-state index contributed by atoms with van der Waals surface area (Å²) in [7, 11) is 0. The summed E-state index contributed by atoms with van der Waals surface area (Å²) in [5.41, 5.74) is 4.46. The fraction of sp³-hybridized carbons (Fsp3) is 0. The number of pyridine rings is 1. The van der Waals surface area contributed by atoms with Gasteiger partial charge in [-0.3, -0.25) is 10.1 Å². The number of hydrogen-bond donors (Lipinski definition) is 1. The van der Waals surface area contributed by atoms with Gasteiger partial charge in [0.25, 0.3) is 0 Å². The lowest BCUT2D eigenvalue weighted by Gasteiger charge is -2.02. The molecule has 0 aliphatic heterocycles. The van der Waals surface area contributed by atoms with Crippen molar-refractivity contribution in [1.29, 1.82) is 0 Å². The van der Waals surface area contributed by atoms with Crippen molar-refractivity contribution in [1.82, 2.24) is 15.2 Å². The molecule has 1 N–H and O–H groups in total. The quantitative estimate of drug-likeness (QED) is 0.722. The number of nitrogens with one attached hydrogen (secondary N) is 1. The Morgan fingerprint density at radius 2 is 1.59 bits per heavy atom. The number of H-pyrrole nitrogens is 1. The zero-order chi connectivity index (χ0) is 11.5. The zero-order valence-electron chi connectivity index (χ0n) is 9.17. The molecule has 2 heterocycles. The second-order valence-corrected chi connectivity index (χ2v) is 3.79. The van der Waals surface area contributed by atoms with Gasteiger partial charge in [0.2, 0.25) is 0 Å². The van der Waals surface area contributed by atoms with E-state index in [1.165, 1.54) is 5.56 Å². The van der Waals surface area contributed by atoms with Gasteiger partial charge in [-0.1, -0.05) is 30.3 Å². The molecule has 3 aromatic rings. The molecule has 0 unspecified atom stereocenters. The Hall–Kier alpha value is -2.42. The van der Waals surface area contributed by atoms with Gasteiger partial charge in [-0.2, -0.15) is 5.10 Å². The summed E-state index contributed by atoms with van der Waals surface area (Å²) in [6.45, 7) is 0. The van der Waals surface area contributed by atoms with E-state index in [-0.39, 0.29) is 0 Å². The van der Waals surface area contributed by atoms with Crippen LogP contribution in [0.1, 0.15) is 0 Å². The topological polar surface area (TPSA) is 41.6 Å². The van der Waals surface area contributed by atoms with E-state index in [0.29, 0.717) is 0 Å². The van der Waals surface area contributed by atoms with E-state index in [1.54, 1.807) is 12.4 Å². The maximum absolute atomic E-state index is 4.12. The molecule has 3 nitrogen and oxygen atoms in total. The second-order valence-electron chi connectivity index (χ2n) is 3.79. The number of hydrogen-bond acceptors (Lipinski definition) is 2. The molecule has 3 rings (SSSR count). The van der Waals surface area contributed by atoms with E-state index < -0.39 is 0 Å². The molecule has 0 amide bonds. The van der Waals surface area contributed by atoms with Crippen molar-refractivity contribution >= 4 is 0 Å². The molecule has 0 spiro atoms. The normalized spacial score (nSPS) is 10.4. The molecule has 2 aromatic heterocycles. The summed E-state index contributed by atoms with van der Waals surface area (Å²) in [4.78, 5) is 4.12. The zero-order valence-corrected chi connectivity index (χ0v) is 9.17. The highest BCUT2D eigenvalue weighted by molar-refractivity contribution is 5.67. The number of aromatic amines is 1. The first-order valence-electron chi connectivity index (χ1n) is 5.44. The molecular weight excluding hydrogens is 210 g/mol. The van der Waals surface area contributed by atoms with Crippen molar-refractivity contribution in [3.8, 4) is 22.4 Å². The van der Waals surface area contributed by atoms with E-state index >= 15 is 0 Å². The van der Waals surface area contributed by atoms with Crippen LogP contribution in [0.4, 0.5) is 0 Å². The number of rotatable bonds is 2. The van der Waals surface area contributed by atoms with Crippen LogP contribution in [0, 0.1) is 0 Å². The van der Waals surface area contributed by atoms with Crippen LogP contribution in [0.15, 0.2) is 61.1 Å². The molecule has 0 fully saturated rings. The Morgan fingerprint density at radius 1 is 0.765 bits per heavy atom. The standard InChI is InChI=1S/C14H11N3/c1-2-13(10-15-8-1)11-3-5-12(6-4-11)14-7-9-16-17-14/h1-10H,(H,16,17). The van der Waals surface area contributed by atoms with Gasteiger partial charge in [0.05, 0.1) is 5.69 Å². The monoisotopic (exact) mass is 221 g/mol. The molecule has 0 atom stereocenters. The average molecular weight is 221 g/mol. The van der Waals surface area contributed by atoms with Gasteiger partial charge in [0, 0.05) is 18.6 Å². The summed E-state index contributed by atoms with van der Waals surface area (Å²) < 4.78 is 0. The van der Waals surface area contributed by atoms with Crippen molar-refractivity contribution < 1.29 is 0 Å². The summed E-state index contributed by atoms with van der Waals surface area (Å²) >= 11 is 0. The minimum absolute atomic E-state index is 1.03. The third-order valence-corrected chi connectivity index (χ3v) is 2.69. The Balaban J connectivity index is 1.96. The molecule has 0 saturated carbocycles. The molecule has 0 bridgehead atoms. The van der Waals surface area contributed by atoms with Gasteiger partial charge in [-0.15, -0.1) is 0 Å². The smallest absolute Gasteiger partial charge is 0.0650 e. The van der Waals surface area contributed by atoms with Gasteiger partial charge in [0.1, 0.15) is 0 Å². The van der Waals surface area contributed by atoms with Crippen molar-refractivity contribution in [3.05, 3.63) is 61.1 Å². The minimum atomic E-state index is 1.03. The summed E-state index contributed by atoms with van der Waals surface area (Å²) in [6.07, 6.45) is 5.40. The van der Waals surface area contributed by atoms with Gasteiger partial charge in [-0.25, -0.2) is 0 Å². The SMILES string of the molecule is c1cncc(-c2ccc(-c3ccn[nH]3)cc2)c1. The molecule has 0 saturated heterocycles. The summed E-state index contributed by atoms with van der Waals surface area (Å²) in [5.74, 6) is 0. The lowest BCUT2D eigenvalue weighted by atomic mass is 10.0. The lowest BCUT2D eigenvalue weighted by molar-refractivity contribution is 1.10. The molecule has 0 aliphatic carbocycles. The third-order valence-electron chi connectivity index (χ3n) is 2.69. The van der Waals surface area contributed by atoms with Crippen molar-refractivity contribution in [2.45, 2.75) is 0 Å². The Morgan fingerprint density at radius 3 is 2.24 bits per heavy atom. The second kappa shape index (κ2) is 4.22. The minimum Gasteiger partial charge on any atom is -0.278 e. The van der Waals surface area contributed by atoms with Gasteiger partial charge in [0.15, 0.2) is 0 Å². The fourth-order valence-corrected chi connectivity index (χ4v) is 1.79. The fourth-order valence-electron chi connectivity index (χ4n) is 1.79. The number of benzene rings is 1. The van der Waals surface area contributed by atoms with Crippen molar-refractivity contribution in [3.63, 3.8) is 0 Å². The lowest BCUT2D eigenvalue weighted by Crippen LogP contribution is -1.81. The molecule has 0 radical (unpaired) electrons. The van der Waals surface area contributed by atoms with Crippen LogP contribution >= 0.6 is 0 Å². The molecule has 17 heavy (non-hydrogen) atoms. The van der Waals surface area contributed by atoms with Gasteiger partial charge in [-0.05, 0) is 28.8 Å². The van der Waals surface area contributed by atoms with E-state index in [0.717, 1.165) is 16.8 Å². The Kier molecular flexibility index (Phi) is 2.43. The number of aromatic nitrogens is 3.